The number of benzene rings is 2. The number of hydrogen-bond donors (Lipinski definition) is 0. The summed E-state index contributed by atoms with van der Waals surface area (Å²) in [5, 5.41) is 0. The van der Waals surface area contributed by atoms with Gasteiger partial charge < -0.3 is 0 Å². The summed E-state index contributed by atoms with van der Waals surface area (Å²) in [6.07, 6.45) is 2.12. The van der Waals surface area contributed by atoms with Gasteiger partial charge in [0.2, 0.25) is 0 Å². The molecule has 2 heteroatoms. The molecule has 2 aromatic rings. The van der Waals surface area contributed by atoms with E-state index in [1.807, 2.05) is 24.3 Å². The first-order chi connectivity index (χ1) is 8.19. The predicted octanol–water partition coefficient (Wildman–Crippen LogP) is 4.58. The van der Waals surface area contributed by atoms with Crippen LogP contribution in [0.25, 0.3) is 11.1 Å². The molecule has 0 bridgehead atoms. The van der Waals surface area contributed by atoms with Gasteiger partial charge in [-0.15, -0.1) is 0 Å². The zero-order valence-electron chi connectivity index (χ0n) is 9.71. The molecule has 0 heterocycles. The highest BCUT2D eigenvalue weighted by atomic mass is 19.1. The molecule has 0 aliphatic heterocycles. The third-order valence-electron chi connectivity index (χ3n) is 2.69. The Morgan fingerprint density at radius 2 is 1.41 bits per heavy atom. The Morgan fingerprint density at radius 1 is 0.824 bits per heavy atom. The van der Waals surface area contributed by atoms with Crippen LogP contribution in [0, 0.1) is 11.6 Å². The average Bonchev–Trinajstić information content (AvgIpc) is 2.29. The number of hydrogen-bond acceptors (Lipinski definition) is 0. The molecule has 0 aliphatic rings. The topological polar surface area (TPSA) is 0 Å². The molecule has 0 saturated carbocycles. The molecule has 0 radical (unpaired) electrons. The SMILES string of the molecule is CCCc1ccc(-c2cc(F)cc(F)c2)cc1. The van der Waals surface area contributed by atoms with Crippen LogP contribution in [0.2, 0.25) is 0 Å². The second-order valence-corrected chi connectivity index (χ2v) is 4.11. The smallest absolute Gasteiger partial charge is 0.126 e. The van der Waals surface area contributed by atoms with E-state index in [0.717, 1.165) is 24.5 Å². The Balaban J connectivity index is 2.32. The van der Waals surface area contributed by atoms with Crippen LogP contribution in [0.4, 0.5) is 8.78 Å². The van der Waals surface area contributed by atoms with Crippen LogP contribution in [0.3, 0.4) is 0 Å². The van der Waals surface area contributed by atoms with E-state index in [4.69, 9.17) is 0 Å². The van der Waals surface area contributed by atoms with Crippen molar-refractivity contribution >= 4 is 0 Å². The van der Waals surface area contributed by atoms with Gasteiger partial charge in [-0.3, -0.25) is 0 Å². The lowest BCUT2D eigenvalue weighted by Gasteiger charge is -2.04. The molecule has 0 spiro atoms. The van der Waals surface area contributed by atoms with Crippen LogP contribution < -0.4 is 0 Å². The highest BCUT2D eigenvalue weighted by Crippen LogP contribution is 2.22. The first kappa shape index (κ1) is 11.8. The molecule has 0 aromatic heterocycles. The maximum absolute atomic E-state index is 13.1. The summed E-state index contributed by atoms with van der Waals surface area (Å²) < 4.78 is 26.1. The third kappa shape index (κ3) is 2.90. The third-order valence-corrected chi connectivity index (χ3v) is 2.69. The van der Waals surface area contributed by atoms with Gasteiger partial charge in [0.1, 0.15) is 11.6 Å². The molecular weight excluding hydrogens is 218 g/mol. The molecule has 0 amide bonds. The molecular formula is C15H14F2. The number of halogens is 2. The Kier molecular flexibility index (Phi) is 3.52. The molecule has 0 fully saturated rings. The van der Waals surface area contributed by atoms with Gasteiger partial charge in [0.15, 0.2) is 0 Å². The molecule has 17 heavy (non-hydrogen) atoms. The van der Waals surface area contributed by atoms with Gasteiger partial charge >= 0.3 is 0 Å². The summed E-state index contributed by atoms with van der Waals surface area (Å²) in [6, 6.07) is 11.4. The zero-order chi connectivity index (χ0) is 12.3. The largest absolute Gasteiger partial charge is 0.207 e. The van der Waals surface area contributed by atoms with Gasteiger partial charge in [-0.25, -0.2) is 8.78 Å². The van der Waals surface area contributed by atoms with Crippen molar-refractivity contribution in [3.05, 3.63) is 59.7 Å². The van der Waals surface area contributed by atoms with E-state index >= 15 is 0 Å². The first-order valence-corrected chi connectivity index (χ1v) is 5.74. The number of rotatable bonds is 3. The van der Waals surface area contributed by atoms with Crippen LogP contribution in [0.15, 0.2) is 42.5 Å². The molecule has 2 rings (SSSR count). The lowest BCUT2D eigenvalue weighted by molar-refractivity contribution is 0.584. The molecule has 2 aromatic carbocycles. The fourth-order valence-corrected chi connectivity index (χ4v) is 1.87. The highest BCUT2D eigenvalue weighted by molar-refractivity contribution is 5.63. The zero-order valence-corrected chi connectivity index (χ0v) is 9.71. The maximum Gasteiger partial charge on any atom is 0.126 e. The van der Waals surface area contributed by atoms with Crippen molar-refractivity contribution in [2.75, 3.05) is 0 Å². The molecule has 0 N–H and O–H groups in total. The second-order valence-electron chi connectivity index (χ2n) is 4.11. The lowest BCUT2D eigenvalue weighted by atomic mass is 10.0. The standard InChI is InChI=1S/C15H14F2/c1-2-3-11-4-6-12(7-5-11)13-8-14(16)10-15(17)9-13/h4-10H,2-3H2,1H3. The summed E-state index contributed by atoms with van der Waals surface area (Å²) in [6.45, 7) is 2.12. The molecule has 0 nitrogen and oxygen atoms in total. The van der Waals surface area contributed by atoms with Crippen LogP contribution in [0.5, 0.6) is 0 Å². The van der Waals surface area contributed by atoms with E-state index in [1.54, 1.807) is 0 Å². The first-order valence-electron chi connectivity index (χ1n) is 5.74. The minimum Gasteiger partial charge on any atom is -0.207 e. The minimum atomic E-state index is -0.544. The van der Waals surface area contributed by atoms with Crippen molar-refractivity contribution in [3.63, 3.8) is 0 Å². The van der Waals surface area contributed by atoms with Gasteiger partial charge in [0.25, 0.3) is 0 Å². The average molecular weight is 232 g/mol. The van der Waals surface area contributed by atoms with Crippen LogP contribution in [-0.2, 0) is 6.42 Å². The summed E-state index contributed by atoms with van der Waals surface area (Å²) in [5.74, 6) is -1.09. The Morgan fingerprint density at radius 3 is 1.94 bits per heavy atom. The predicted molar refractivity (Wildman–Crippen MR) is 65.8 cm³/mol. The van der Waals surface area contributed by atoms with Crippen molar-refractivity contribution in [1.29, 1.82) is 0 Å². The van der Waals surface area contributed by atoms with Crippen LogP contribution in [-0.4, -0.2) is 0 Å². The summed E-state index contributed by atoms with van der Waals surface area (Å²) >= 11 is 0. The van der Waals surface area contributed by atoms with Gasteiger partial charge in [0, 0.05) is 6.07 Å². The molecule has 88 valence electrons. The second kappa shape index (κ2) is 5.09. The summed E-state index contributed by atoms with van der Waals surface area (Å²) in [5.41, 5.74) is 2.65. The molecule has 0 unspecified atom stereocenters. The van der Waals surface area contributed by atoms with E-state index in [0.29, 0.717) is 5.56 Å². The van der Waals surface area contributed by atoms with E-state index in [9.17, 15) is 8.78 Å². The lowest BCUT2D eigenvalue weighted by Crippen LogP contribution is -1.86. The Hall–Kier alpha value is -1.70. The highest BCUT2D eigenvalue weighted by Gasteiger charge is 2.03. The minimum absolute atomic E-state index is 0.544. The van der Waals surface area contributed by atoms with Crippen molar-refractivity contribution < 1.29 is 8.78 Å². The number of aryl methyl sites for hydroxylation is 1. The van der Waals surface area contributed by atoms with Gasteiger partial charge in [-0.05, 0) is 35.2 Å². The van der Waals surface area contributed by atoms with Gasteiger partial charge in [0.05, 0.1) is 0 Å². The molecule has 0 atom stereocenters. The Bertz CT molecular complexity index is 481. The van der Waals surface area contributed by atoms with E-state index in [1.165, 1.54) is 17.7 Å². The summed E-state index contributed by atoms with van der Waals surface area (Å²) in [4.78, 5) is 0. The Labute approximate surface area is 99.9 Å². The van der Waals surface area contributed by atoms with Crippen molar-refractivity contribution in [2.45, 2.75) is 19.8 Å². The molecule has 0 saturated heterocycles. The van der Waals surface area contributed by atoms with Crippen LogP contribution in [0.1, 0.15) is 18.9 Å². The monoisotopic (exact) mass is 232 g/mol. The fraction of sp³-hybridized carbons (Fsp3) is 0.200. The molecule has 0 aliphatic carbocycles. The van der Waals surface area contributed by atoms with E-state index in [-0.39, 0.29) is 0 Å². The van der Waals surface area contributed by atoms with E-state index in [2.05, 4.69) is 6.92 Å². The van der Waals surface area contributed by atoms with Crippen molar-refractivity contribution in [3.8, 4) is 11.1 Å². The normalized spacial score (nSPS) is 10.5. The fourth-order valence-electron chi connectivity index (χ4n) is 1.87. The van der Waals surface area contributed by atoms with Crippen LogP contribution >= 0.6 is 0 Å². The van der Waals surface area contributed by atoms with Gasteiger partial charge in [-0.1, -0.05) is 37.6 Å². The van der Waals surface area contributed by atoms with Crippen molar-refractivity contribution in [2.24, 2.45) is 0 Å². The van der Waals surface area contributed by atoms with Gasteiger partial charge in [-0.2, -0.15) is 0 Å². The summed E-state index contributed by atoms with van der Waals surface area (Å²) in [7, 11) is 0. The van der Waals surface area contributed by atoms with E-state index < -0.39 is 11.6 Å². The van der Waals surface area contributed by atoms with Crippen molar-refractivity contribution in [1.82, 2.24) is 0 Å². The quantitative estimate of drug-likeness (QED) is 0.726. The maximum atomic E-state index is 13.1.